The van der Waals surface area contributed by atoms with Gasteiger partial charge < -0.3 is 9.30 Å². The molecule has 1 aromatic carbocycles. The smallest absolute Gasteiger partial charge is 0.241 e. The molecule has 0 saturated heterocycles. The molecule has 0 amide bonds. The zero-order valence-electron chi connectivity index (χ0n) is 20.5. The Morgan fingerprint density at radius 1 is 1.17 bits per heavy atom. The number of rotatable bonds is 7. The summed E-state index contributed by atoms with van der Waals surface area (Å²) in [7, 11) is -2.39. The third kappa shape index (κ3) is 3.92. The molecule has 1 fully saturated rings. The number of alkyl halides is 1. The predicted octanol–water partition coefficient (Wildman–Crippen LogP) is 4.43. The van der Waals surface area contributed by atoms with Gasteiger partial charge in [-0.2, -0.15) is 0 Å². The van der Waals surface area contributed by atoms with Crippen molar-refractivity contribution in [2.45, 2.75) is 62.1 Å². The first-order valence-electron chi connectivity index (χ1n) is 12.2. The second-order valence-corrected chi connectivity index (χ2v) is 12.0. The lowest BCUT2D eigenvalue weighted by atomic mass is 10.00. The number of ether oxygens (including phenoxy) is 1. The van der Waals surface area contributed by atoms with E-state index >= 15 is 0 Å². The van der Waals surface area contributed by atoms with Gasteiger partial charge in [-0.05, 0) is 62.8 Å². The van der Waals surface area contributed by atoms with Crippen LogP contribution < -0.4 is 9.46 Å². The Labute approximate surface area is 209 Å². The van der Waals surface area contributed by atoms with Crippen molar-refractivity contribution in [2.75, 3.05) is 13.7 Å². The highest BCUT2D eigenvalue weighted by atomic mass is 32.2. The van der Waals surface area contributed by atoms with Crippen molar-refractivity contribution >= 4 is 32.0 Å². The number of nitrogens with zero attached hydrogens (tertiary/aromatic N) is 4. The van der Waals surface area contributed by atoms with E-state index < -0.39 is 15.7 Å². The van der Waals surface area contributed by atoms with Crippen molar-refractivity contribution in [3.8, 4) is 5.75 Å². The highest BCUT2D eigenvalue weighted by Gasteiger charge is 2.33. The van der Waals surface area contributed by atoms with Gasteiger partial charge in [-0.1, -0.05) is 0 Å². The van der Waals surface area contributed by atoms with Gasteiger partial charge in [0.2, 0.25) is 10.0 Å². The lowest BCUT2D eigenvalue weighted by Crippen LogP contribution is -2.35. The zero-order chi connectivity index (χ0) is 25.2. The molecule has 6 rings (SSSR count). The highest BCUT2D eigenvalue weighted by Crippen LogP contribution is 2.45. The minimum absolute atomic E-state index is 0.149. The van der Waals surface area contributed by atoms with Gasteiger partial charge in [0.05, 0.1) is 24.4 Å². The molecule has 3 aromatic heterocycles. The van der Waals surface area contributed by atoms with Gasteiger partial charge >= 0.3 is 0 Å². The zero-order valence-corrected chi connectivity index (χ0v) is 21.3. The van der Waals surface area contributed by atoms with E-state index in [9.17, 15) is 12.8 Å². The summed E-state index contributed by atoms with van der Waals surface area (Å²) in [6.07, 6.45) is 8.89. The molecular formula is C26H28FN5O3S. The van der Waals surface area contributed by atoms with Crippen LogP contribution in [0.2, 0.25) is 0 Å². The standard InChI is InChI=1S/C26H28FN5O3S/c1-26(2,27)13-31-36(33,34)23-11-17-16(19-12-29-20(10-18(19)23)15-4-5-15)6-7-21(17)32-14-30-24-22(35-3)8-9-28-25(24)32/h8-12,14-15,21,31H,4-7,13H2,1-3H3. The maximum atomic E-state index is 14.2. The summed E-state index contributed by atoms with van der Waals surface area (Å²) in [6.45, 7) is 2.40. The second-order valence-electron chi connectivity index (χ2n) is 10.3. The van der Waals surface area contributed by atoms with Gasteiger partial charge in [-0.15, -0.1) is 0 Å². The Morgan fingerprint density at radius 3 is 2.69 bits per heavy atom. The third-order valence-corrected chi connectivity index (χ3v) is 8.57. The van der Waals surface area contributed by atoms with Crippen molar-refractivity contribution in [2.24, 2.45) is 0 Å². The Kier molecular flexibility index (Phi) is 5.31. The minimum Gasteiger partial charge on any atom is -0.494 e. The molecule has 1 unspecified atom stereocenters. The van der Waals surface area contributed by atoms with Crippen LogP contribution in [0.5, 0.6) is 5.75 Å². The molecule has 36 heavy (non-hydrogen) atoms. The predicted molar refractivity (Wildman–Crippen MR) is 135 cm³/mol. The largest absolute Gasteiger partial charge is 0.494 e. The van der Waals surface area contributed by atoms with Crippen molar-refractivity contribution in [1.29, 1.82) is 0 Å². The summed E-state index contributed by atoms with van der Waals surface area (Å²) in [5, 5.41) is 1.47. The Bertz CT molecular complexity index is 1610. The minimum atomic E-state index is -3.99. The van der Waals surface area contributed by atoms with Gasteiger partial charge in [0, 0.05) is 47.4 Å². The number of methoxy groups -OCH3 is 1. The average Bonchev–Trinajstić information content (AvgIpc) is 3.48. The fourth-order valence-corrected chi connectivity index (χ4v) is 6.58. The van der Waals surface area contributed by atoms with Crippen molar-refractivity contribution < 1.29 is 17.5 Å². The van der Waals surface area contributed by atoms with Crippen LogP contribution in [0, 0.1) is 0 Å². The van der Waals surface area contributed by atoms with Crippen molar-refractivity contribution in [3.63, 3.8) is 0 Å². The monoisotopic (exact) mass is 509 g/mol. The van der Waals surface area contributed by atoms with Crippen LogP contribution in [0.1, 0.15) is 61.9 Å². The number of halogens is 1. The van der Waals surface area contributed by atoms with Gasteiger partial charge in [0.15, 0.2) is 5.65 Å². The van der Waals surface area contributed by atoms with Crippen LogP contribution in [0.25, 0.3) is 21.9 Å². The van der Waals surface area contributed by atoms with E-state index in [0.29, 0.717) is 28.2 Å². The number of imidazole rings is 1. The average molecular weight is 510 g/mol. The number of sulfonamides is 1. The van der Waals surface area contributed by atoms with Crippen LogP contribution in [-0.2, 0) is 16.4 Å². The molecular weight excluding hydrogens is 481 g/mol. The number of benzene rings is 1. The summed E-state index contributed by atoms with van der Waals surface area (Å²) in [5.74, 6) is 1.01. The maximum Gasteiger partial charge on any atom is 0.241 e. The molecule has 1 N–H and O–H groups in total. The van der Waals surface area contributed by atoms with Crippen molar-refractivity contribution in [3.05, 3.63) is 53.7 Å². The lowest BCUT2D eigenvalue weighted by Gasteiger charge is -2.19. The second kappa shape index (κ2) is 8.21. The molecule has 0 spiro atoms. The fraction of sp³-hybridized carbons (Fsp3) is 0.423. The van der Waals surface area contributed by atoms with Gasteiger partial charge in [0.1, 0.15) is 16.9 Å². The van der Waals surface area contributed by atoms with Gasteiger partial charge in [-0.25, -0.2) is 27.5 Å². The van der Waals surface area contributed by atoms with Crippen LogP contribution in [0.3, 0.4) is 0 Å². The molecule has 188 valence electrons. The highest BCUT2D eigenvalue weighted by molar-refractivity contribution is 7.89. The van der Waals surface area contributed by atoms with Crippen LogP contribution in [0.15, 0.2) is 41.8 Å². The number of pyridine rings is 2. The molecule has 2 aliphatic carbocycles. The maximum absolute atomic E-state index is 14.2. The van der Waals surface area contributed by atoms with Crippen molar-refractivity contribution in [1.82, 2.24) is 24.2 Å². The van der Waals surface area contributed by atoms with E-state index in [4.69, 9.17) is 9.72 Å². The molecule has 3 heterocycles. The Hall–Kier alpha value is -3.11. The number of hydrogen-bond acceptors (Lipinski definition) is 6. The van der Waals surface area contributed by atoms with E-state index in [2.05, 4.69) is 14.7 Å². The summed E-state index contributed by atoms with van der Waals surface area (Å²) in [6, 6.07) is 5.28. The molecule has 0 radical (unpaired) electrons. The summed E-state index contributed by atoms with van der Waals surface area (Å²) >= 11 is 0. The van der Waals surface area contributed by atoms with E-state index in [1.54, 1.807) is 31.8 Å². The quantitative estimate of drug-likeness (QED) is 0.396. The molecule has 10 heteroatoms. The first-order valence-corrected chi connectivity index (χ1v) is 13.6. The molecule has 0 bridgehead atoms. The SMILES string of the molecule is COc1ccnc2c1ncn2C1CCc2c1cc(S(=O)(=O)NCC(C)(C)F)c1cc(C3CC3)ncc21. The van der Waals surface area contributed by atoms with E-state index in [1.807, 2.05) is 16.8 Å². The van der Waals surface area contributed by atoms with Crippen LogP contribution >= 0.6 is 0 Å². The Morgan fingerprint density at radius 2 is 1.97 bits per heavy atom. The normalized spacial score (nSPS) is 18.2. The molecule has 4 aromatic rings. The van der Waals surface area contributed by atoms with Gasteiger partial charge in [-0.3, -0.25) is 4.98 Å². The molecule has 1 atom stereocenters. The number of hydrogen-bond donors (Lipinski definition) is 1. The summed E-state index contributed by atoms with van der Waals surface area (Å²) in [5.41, 5.74) is 2.55. The Balaban J connectivity index is 1.53. The molecule has 1 saturated carbocycles. The van der Waals surface area contributed by atoms with Crippen LogP contribution in [-0.4, -0.2) is 47.3 Å². The summed E-state index contributed by atoms with van der Waals surface area (Å²) < 4.78 is 51.2. The number of aryl methyl sites for hydroxylation is 1. The topological polar surface area (TPSA) is 99.0 Å². The van der Waals surface area contributed by atoms with E-state index in [0.717, 1.165) is 47.9 Å². The third-order valence-electron chi connectivity index (χ3n) is 7.12. The molecule has 8 nitrogen and oxygen atoms in total. The number of nitrogens with one attached hydrogen (secondary N) is 1. The lowest BCUT2D eigenvalue weighted by molar-refractivity contribution is 0.221. The molecule has 2 aliphatic rings. The fourth-order valence-electron chi connectivity index (χ4n) is 5.15. The van der Waals surface area contributed by atoms with Crippen LogP contribution in [0.4, 0.5) is 4.39 Å². The number of fused-ring (bicyclic) bond motifs is 4. The summed E-state index contributed by atoms with van der Waals surface area (Å²) in [4.78, 5) is 13.9. The van der Waals surface area contributed by atoms with E-state index in [-0.39, 0.29) is 17.5 Å². The van der Waals surface area contributed by atoms with Gasteiger partial charge in [0.25, 0.3) is 0 Å². The first kappa shape index (κ1) is 23.3. The molecule has 0 aliphatic heterocycles. The van der Waals surface area contributed by atoms with E-state index in [1.165, 1.54) is 13.8 Å². The number of aromatic nitrogens is 4. The first-order chi connectivity index (χ1) is 17.2.